The lowest BCUT2D eigenvalue weighted by Gasteiger charge is -2.28. The molecule has 0 bridgehead atoms. The standard InChI is InChI=1S/C18H19F2N3O2/c1-12-16(4-5-17(21-12)23-6-8-25-9-7-23)22-18(24)11-13-10-14(19)2-3-15(13)20/h2-5,10H,6-9,11H2,1H3,(H,22,24). The van der Waals surface area contributed by atoms with Gasteiger partial charge in [0.2, 0.25) is 5.91 Å². The second-order valence-corrected chi connectivity index (χ2v) is 5.86. The lowest BCUT2D eigenvalue weighted by atomic mass is 10.1. The van der Waals surface area contributed by atoms with Crippen molar-refractivity contribution in [3.05, 3.63) is 53.2 Å². The molecule has 1 aromatic carbocycles. The first-order valence-electron chi connectivity index (χ1n) is 8.07. The van der Waals surface area contributed by atoms with E-state index in [1.54, 1.807) is 13.0 Å². The molecular weight excluding hydrogens is 328 g/mol. The molecule has 3 rings (SSSR count). The Labute approximate surface area is 144 Å². The summed E-state index contributed by atoms with van der Waals surface area (Å²) in [6, 6.07) is 6.67. The molecule has 2 aromatic rings. The van der Waals surface area contributed by atoms with Crippen molar-refractivity contribution in [3.8, 4) is 0 Å². The molecule has 0 atom stereocenters. The van der Waals surface area contributed by atoms with E-state index in [0.717, 1.165) is 37.1 Å². The quantitative estimate of drug-likeness (QED) is 0.924. The van der Waals surface area contributed by atoms with Gasteiger partial charge in [-0.25, -0.2) is 13.8 Å². The van der Waals surface area contributed by atoms with Gasteiger partial charge in [-0.1, -0.05) is 0 Å². The van der Waals surface area contributed by atoms with E-state index in [4.69, 9.17) is 4.74 Å². The average Bonchev–Trinajstić information content (AvgIpc) is 2.60. The van der Waals surface area contributed by atoms with E-state index in [1.165, 1.54) is 0 Å². The minimum atomic E-state index is -0.603. The number of morpholine rings is 1. The summed E-state index contributed by atoms with van der Waals surface area (Å²) in [6.07, 6.45) is -0.242. The Kier molecular flexibility index (Phi) is 5.23. The van der Waals surface area contributed by atoms with Crippen molar-refractivity contribution < 1.29 is 18.3 Å². The van der Waals surface area contributed by atoms with E-state index in [2.05, 4.69) is 15.2 Å². The number of carbonyl (C=O) groups excluding carboxylic acids is 1. The smallest absolute Gasteiger partial charge is 0.228 e. The van der Waals surface area contributed by atoms with Crippen LogP contribution in [0.2, 0.25) is 0 Å². The molecular formula is C18H19F2N3O2. The van der Waals surface area contributed by atoms with Crippen molar-refractivity contribution in [1.82, 2.24) is 4.98 Å². The predicted octanol–water partition coefficient (Wildman–Crippen LogP) is 2.69. The molecule has 1 saturated heterocycles. The van der Waals surface area contributed by atoms with E-state index in [9.17, 15) is 13.6 Å². The zero-order chi connectivity index (χ0) is 17.8. The number of pyridine rings is 1. The van der Waals surface area contributed by atoms with Crippen LogP contribution in [0.1, 0.15) is 11.3 Å². The minimum absolute atomic E-state index is 0.0213. The second-order valence-electron chi connectivity index (χ2n) is 5.86. The first-order chi connectivity index (χ1) is 12.0. The highest BCUT2D eigenvalue weighted by Gasteiger charge is 2.15. The van der Waals surface area contributed by atoms with Gasteiger partial charge in [0, 0.05) is 18.7 Å². The molecule has 1 amide bonds. The van der Waals surface area contributed by atoms with Gasteiger partial charge < -0.3 is 15.0 Å². The normalized spacial score (nSPS) is 14.4. The van der Waals surface area contributed by atoms with Crippen LogP contribution in [0, 0.1) is 18.6 Å². The Bertz CT molecular complexity index is 777. The molecule has 132 valence electrons. The Balaban J connectivity index is 1.67. The summed E-state index contributed by atoms with van der Waals surface area (Å²) in [7, 11) is 0. The number of ether oxygens (including phenoxy) is 1. The number of halogens is 2. The molecule has 1 N–H and O–H groups in total. The number of carbonyl (C=O) groups is 1. The van der Waals surface area contributed by atoms with Crippen LogP contribution in [0.25, 0.3) is 0 Å². The molecule has 1 aliphatic rings. The molecule has 0 aliphatic carbocycles. The molecule has 25 heavy (non-hydrogen) atoms. The highest BCUT2D eigenvalue weighted by molar-refractivity contribution is 5.92. The number of rotatable bonds is 4. The van der Waals surface area contributed by atoms with Gasteiger partial charge in [0.05, 0.1) is 31.0 Å². The largest absolute Gasteiger partial charge is 0.378 e. The third-order valence-electron chi connectivity index (χ3n) is 4.04. The average molecular weight is 347 g/mol. The fourth-order valence-corrected chi connectivity index (χ4v) is 2.69. The maximum absolute atomic E-state index is 13.6. The van der Waals surface area contributed by atoms with Crippen LogP contribution in [0.5, 0.6) is 0 Å². The van der Waals surface area contributed by atoms with Crippen molar-refractivity contribution >= 4 is 17.4 Å². The number of anilines is 2. The summed E-state index contributed by atoms with van der Waals surface area (Å²) in [5, 5.41) is 2.70. The van der Waals surface area contributed by atoms with Crippen LogP contribution in [0.4, 0.5) is 20.3 Å². The maximum Gasteiger partial charge on any atom is 0.228 e. The molecule has 0 radical (unpaired) electrons. The van der Waals surface area contributed by atoms with Crippen molar-refractivity contribution in [2.24, 2.45) is 0 Å². The van der Waals surface area contributed by atoms with E-state index in [1.807, 2.05) is 6.07 Å². The zero-order valence-electron chi connectivity index (χ0n) is 13.9. The van der Waals surface area contributed by atoms with Gasteiger partial charge in [0.15, 0.2) is 0 Å². The Hall–Kier alpha value is -2.54. The van der Waals surface area contributed by atoms with Crippen molar-refractivity contribution in [2.75, 3.05) is 36.5 Å². The maximum atomic E-state index is 13.6. The lowest BCUT2D eigenvalue weighted by Crippen LogP contribution is -2.36. The van der Waals surface area contributed by atoms with E-state index < -0.39 is 17.5 Å². The van der Waals surface area contributed by atoms with Crippen LogP contribution in [0.3, 0.4) is 0 Å². The number of aryl methyl sites for hydroxylation is 1. The second kappa shape index (κ2) is 7.57. The molecule has 0 saturated carbocycles. The minimum Gasteiger partial charge on any atom is -0.378 e. The number of hydrogen-bond acceptors (Lipinski definition) is 4. The number of nitrogens with one attached hydrogen (secondary N) is 1. The predicted molar refractivity (Wildman–Crippen MR) is 90.7 cm³/mol. The van der Waals surface area contributed by atoms with Crippen LogP contribution in [-0.4, -0.2) is 37.2 Å². The van der Waals surface area contributed by atoms with Gasteiger partial charge in [-0.3, -0.25) is 4.79 Å². The number of amides is 1. The Morgan fingerprint density at radius 2 is 2.00 bits per heavy atom. The van der Waals surface area contributed by atoms with E-state index >= 15 is 0 Å². The molecule has 5 nitrogen and oxygen atoms in total. The van der Waals surface area contributed by atoms with Crippen LogP contribution in [-0.2, 0) is 16.0 Å². The highest BCUT2D eigenvalue weighted by atomic mass is 19.1. The molecule has 0 unspecified atom stereocenters. The number of nitrogens with zero attached hydrogens (tertiary/aromatic N) is 2. The highest BCUT2D eigenvalue weighted by Crippen LogP contribution is 2.20. The van der Waals surface area contributed by atoms with Crippen molar-refractivity contribution in [2.45, 2.75) is 13.3 Å². The zero-order valence-corrected chi connectivity index (χ0v) is 13.9. The molecule has 1 aromatic heterocycles. The number of aromatic nitrogens is 1. The summed E-state index contributed by atoms with van der Waals surface area (Å²) >= 11 is 0. The summed E-state index contributed by atoms with van der Waals surface area (Å²) in [5.41, 5.74) is 1.24. The van der Waals surface area contributed by atoms with Gasteiger partial charge >= 0.3 is 0 Å². The first kappa shape index (κ1) is 17.3. The molecule has 0 spiro atoms. The molecule has 2 heterocycles. The number of benzene rings is 1. The third kappa shape index (κ3) is 4.30. The van der Waals surface area contributed by atoms with Gasteiger partial charge in [-0.15, -0.1) is 0 Å². The summed E-state index contributed by atoms with van der Waals surface area (Å²) in [4.78, 5) is 18.8. The molecule has 7 heteroatoms. The molecule has 1 aliphatic heterocycles. The van der Waals surface area contributed by atoms with Crippen molar-refractivity contribution in [3.63, 3.8) is 0 Å². The third-order valence-corrected chi connectivity index (χ3v) is 4.04. The van der Waals surface area contributed by atoms with Crippen molar-refractivity contribution in [1.29, 1.82) is 0 Å². The number of hydrogen-bond donors (Lipinski definition) is 1. The van der Waals surface area contributed by atoms with Crippen LogP contribution >= 0.6 is 0 Å². The van der Waals surface area contributed by atoms with Gasteiger partial charge in [0.1, 0.15) is 17.5 Å². The topological polar surface area (TPSA) is 54.5 Å². The lowest BCUT2D eigenvalue weighted by molar-refractivity contribution is -0.115. The van der Waals surface area contributed by atoms with Crippen LogP contribution < -0.4 is 10.2 Å². The Morgan fingerprint density at radius 1 is 1.24 bits per heavy atom. The summed E-state index contributed by atoms with van der Waals surface area (Å²) < 4.78 is 32.1. The summed E-state index contributed by atoms with van der Waals surface area (Å²) in [6.45, 7) is 4.67. The Morgan fingerprint density at radius 3 is 2.72 bits per heavy atom. The van der Waals surface area contributed by atoms with Gasteiger partial charge in [-0.05, 0) is 37.3 Å². The summed E-state index contributed by atoms with van der Waals surface area (Å²) in [5.74, 6) is -0.769. The fraction of sp³-hybridized carbons (Fsp3) is 0.333. The first-order valence-corrected chi connectivity index (χ1v) is 8.07. The monoisotopic (exact) mass is 347 g/mol. The molecule has 1 fully saturated rings. The van der Waals surface area contributed by atoms with Crippen LogP contribution in [0.15, 0.2) is 30.3 Å². The van der Waals surface area contributed by atoms with E-state index in [0.29, 0.717) is 24.6 Å². The van der Waals surface area contributed by atoms with E-state index in [-0.39, 0.29) is 12.0 Å². The fourth-order valence-electron chi connectivity index (χ4n) is 2.69. The SMILES string of the molecule is Cc1nc(N2CCOCC2)ccc1NC(=O)Cc1cc(F)ccc1F. The van der Waals surface area contributed by atoms with Gasteiger partial charge in [0.25, 0.3) is 0 Å². The van der Waals surface area contributed by atoms with Gasteiger partial charge in [-0.2, -0.15) is 0 Å².